The Morgan fingerprint density at radius 1 is 1.30 bits per heavy atom. The first kappa shape index (κ1) is 17.6. The second-order valence-corrected chi connectivity index (χ2v) is 7.35. The van der Waals surface area contributed by atoms with Crippen LogP contribution < -0.4 is 4.74 Å². The van der Waals surface area contributed by atoms with Crippen molar-refractivity contribution >= 4 is 33.2 Å². The highest BCUT2D eigenvalue weighted by Gasteiger charge is 2.16. The minimum atomic E-state index is -3.23. The van der Waals surface area contributed by atoms with Gasteiger partial charge in [-0.15, -0.1) is 11.6 Å². The summed E-state index contributed by atoms with van der Waals surface area (Å²) in [6.45, 7) is 0.585. The van der Waals surface area contributed by atoms with Crippen LogP contribution in [0.1, 0.15) is 12.8 Å². The van der Waals surface area contributed by atoms with Crippen molar-refractivity contribution in [2.24, 2.45) is 0 Å². The van der Waals surface area contributed by atoms with E-state index in [-0.39, 0.29) is 12.4 Å². The molecular weight excluding hydrogens is 321 g/mol. The number of benzene rings is 1. The molecule has 0 heterocycles. The van der Waals surface area contributed by atoms with Crippen LogP contribution in [-0.4, -0.2) is 44.6 Å². The number of nitrogens with zero attached hydrogens (tertiary/aromatic N) is 1. The Labute approximate surface area is 130 Å². The van der Waals surface area contributed by atoms with E-state index in [9.17, 15) is 8.42 Å². The van der Waals surface area contributed by atoms with Gasteiger partial charge in [-0.05, 0) is 31.0 Å². The van der Waals surface area contributed by atoms with Crippen LogP contribution in [-0.2, 0) is 10.0 Å². The average molecular weight is 340 g/mol. The molecule has 0 atom stereocenters. The molecule has 1 aromatic rings. The number of alkyl halides is 1. The third-order valence-corrected chi connectivity index (χ3v) is 5.17. The van der Waals surface area contributed by atoms with E-state index in [1.165, 1.54) is 4.31 Å². The fraction of sp³-hybridized carbons (Fsp3) is 0.538. The van der Waals surface area contributed by atoms with Crippen LogP contribution in [0.2, 0.25) is 5.02 Å². The van der Waals surface area contributed by atoms with Crippen molar-refractivity contribution in [3.8, 4) is 5.75 Å². The standard InChI is InChI=1S/C13H19Cl2NO3S/c1-16(20(17,18)10-3-2-7-14)8-9-19-13-6-4-5-12(15)11-13/h4-6,11H,2-3,7-10H2,1H3. The minimum Gasteiger partial charge on any atom is -0.492 e. The highest BCUT2D eigenvalue weighted by molar-refractivity contribution is 7.89. The summed E-state index contributed by atoms with van der Waals surface area (Å²) >= 11 is 11.4. The summed E-state index contributed by atoms with van der Waals surface area (Å²) in [6, 6.07) is 7.00. The lowest BCUT2D eigenvalue weighted by Crippen LogP contribution is -2.32. The zero-order valence-electron chi connectivity index (χ0n) is 11.4. The van der Waals surface area contributed by atoms with Gasteiger partial charge in [0.15, 0.2) is 0 Å². The summed E-state index contributed by atoms with van der Waals surface area (Å²) < 4.78 is 30.6. The number of ether oxygens (including phenoxy) is 1. The van der Waals surface area contributed by atoms with Crippen LogP contribution in [0.3, 0.4) is 0 Å². The highest BCUT2D eigenvalue weighted by Crippen LogP contribution is 2.17. The molecule has 0 aliphatic carbocycles. The second-order valence-electron chi connectivity index (χ2n) is 4.34. The number of unbranched alkanes of at least 4 members (excludes halogenated alkanes) is 1. The van der Waals surface area contributed by atoms with Gasteiger partial charge in [0, 0.05) is 24.5 Å². The van der Waals surface area contributed by atoms with Gasteiger partial charge in [0.1, 0.15) is 12.4 Å². The molecule has 0 bridgehead atoms. The van der Waals surface area contributed by atoms with Crippen molar-refractivity contribution in [3.63, 3.8) is 0 Å². The quantitative estimate of drug-likeness (QED) is 0.513. The van der Waals surface area contributed by atoms with Crippen LogP contribution in [0.25, 0.3) is 0 Å². The molecule has 20 heavy (non-hydrogen) atoms. The third-order valence-electron chi connectivity index (χ3n) is 2.73. The van der Waals surface area contributed by atoms with Gasteiger partial charge in [-0.25, -0.2) is 12.7 Å². The topological polar surface area (TPSA) is 46.6 Å². The number of rotatable bonds is 9. The summed E-state index contributed by atoms with van der Waals surface area (Å²) in [6.07, 6.45) is 1.28. The lowest BCUT2D eigenvalue weighted by atomic mass is 10.3. The summed E-state index contributed by atoms with van der Waals surface area (Å²) in [7, 11) is -1.67. The average Bonchev–Trinajstić information content (AvgIpc) is 2.39. The molecule has 0 unspecified atom stereocenters. The van der Waals surface area contributed by atoms with E-state index in [1.807, 2.05) is 0 Å². The molecule has 0 saturated carbocycles. The van der Waals surface area contributed by atoms with Gasteiger partial charge in [-0.2, -0.15) is 0 Å². The molecule has 0 aliphatic heterocycles. The van der Waals surface area contributed by atoms with Crippen LogP contribution >= 0.6 is 23.2 Å². The third kappa shape index (κ3) is 6.31. The largest absolute Gasteiger partial charge is 0.492 e. The van der Waals surface area contributed by atoms with E-state index < -0.39 is 10.0 Å². The minimum absolute atomic E-state index is 0.118. The van der Waals surface area contributed by atoms with Gasteiger partial charge in [-0.1, -0.05) is 17.7 Å². The van der Waals surface area contributed by atoms with Gasteiger partial charge < -0.3 is 4.74 Å². The summed E-state index contributed by atoms with van der Waals surface area (Å²) in [4.78, 5) is 0. The van der Waals surface area contributed by atoms with Crippen molar-refractivity contribution in [2.45, 2.75) is 12.8 Å². The van der Waals surface area contributed by atoms with Crippen LogP contribution in [0, 0.1) is 0 Å². The fourth-order valence-corrected chi connectivity index (χ4v) is 3.13. The van der Waals surface area contributed by atoms with Gasteiger partial charge in [0.2, 0.25) is 10.0 Å². The molecule has 4 nitrogen and oxygen atoms in total. The molecule has 0 aliphatic rings. The Kier molecular flexibility index (Phi) is 7.66. The van der Waals surface area contributed by atoms with E-state index >= 15 is 0 Å². The number of hydrogen-bond acceptors (Lipinski definition) is 3. The number of halogens is 2. The Morgan fingerprint density at radius 2 is 2.05 bits per heavy atom. The molecule has 0 amide bonds. The zero-order chi connectivity index (χ0) is 15.0. The molecule has 0 radical (unpaired) electrons. The van der Waals surface area contributed by atoms with E-state index in [0.717, 1.165) is 0 Å². The van der Waals surface area contributed by atoms with Crippen molar-refractivity contribution in [1.29, 1.82) is 0 Å². The van der Waals surface area contributed by atoms with Gasteiger partial charge in [0.25, 0.3) is 0 Å². The molecule has 1 aromatic carbocycles. The van der Waals surface area contributed by atoms with E-state index in [2.05, 4.69) is 0 Å². The Bertz CT molecular complexity index is 508. The van der Waals surface area contributed by atoms with E-state index in [4.69, 9.17) is 27.9 Å². The molecule has 114 valence electrons. The van der Waals surface area contributed by atoms with Crippen LogP contribution in [0.15, 0.2) is 24.3 Å². The molecule has 0 aromatic heterocycles. The van der Waals surface area contributed by atoms with Crippen molar-refractivity contribution < 1.29 is 13.2 Å². The molecule has 0 fully saturated rings. The van der Waals surface area contributed by atoms with Gasteiger partial charge >= 0.3 is 0 Å². The van der Waals surface area contributed by atoms with Crippen molar-refractivity contribution in [3.05, 3.63) is 29.3 Å². The van der Waals surface area contributed by atoms with E-state index in [0.29, 0.717) is 36.0 Å². The first-order valence-corrected chi connectivity index (χ1v) is 8.86. The lowest BCUT2D eigenvalue weighted by molar-refractivity contribution is 0.287. The van der Waals surface area contributed by atoms with Crippen molar-refractivity contribution in [1.82, 2.24) is 4.31 Å². The number of likely N-dealkylation sites (N-methyl/N-ethyl adjacent to an activating group) is 1. The number of sulfonamides is 1. The molecule has 0 spiro atoms. The number of hydrogen-bond donors (Lipinski definition) is 0. The maximum atomic E-state index is 11.9. The Hall–Kier alpha value is -0.490. The van der Waals surface area contributed by atoms with Crippen LogP contribution in [0.4, 0.5) is 0 Å². The molecule has 7 heteroatoms. The van der Waals surface area contributed by atoms with Gasteiger partial charge in [-0.3, -0.25) is 0 Å². The molecule has 0 saturated heterocycles. The monoisotopic (exact) mass is 339 g/mol. The van der Waals surface area contributed by atoms with Gasteiger partial charge in [0.05, 0.1) is 5.75 Å². The second kappa shape index (κ2) is 8.72. The predicted octanol–water partition coefficient (Wildman–Crippen LogP) is 3.00. The van der Waals surface area contributed by atoms with Crippen LogP contribution in [0.5, 0.6) is 5.75 Å². The fourth-order valence-electron chi connectivity index (χ4n) is 1.52. The predicted molar refractivity (Wildman–Crippen MR) is 83.3 cm³/mol. The zero-order valence-corrected chi connectivity index (χ0v) is 13.7. The Balaban J connectivity index is 2.37. The summed E-state index contributed by atoms with van der Waals surface area (Å²) in [5.41, 5.74) is 0. The smallest absolute Gasteiger partial charge is 0.213 e. The molecular formula is C13H19Cl2NO3S. The normalized spacial score (nSPS) is 11.8. The first-order valence-electron chi connectivity index (χ1n) is 6.34. The highest BCUT2D eigenvalue weighted by atomic mass is 35.5. The maximum absolute atomic E-state index is 11.9. The SMILES string of the molecule is CN(CCOc1cccc(Cl)c1)S(=O)(=O)CCCCCl. The van der Waals surface area contributed by atoms with Crippen molar-refractivity contribution in [2.75, 3.05) is 31.8 Å². The summed E-state index contributed by atoms with van der Waals surface area (Å²) in [5.74, 6) is 1.23. The van der Waals surface area contributed by atoms with E-state index in [1.54, 1.807) is 31.3 Å². The maximum Gasteiger partial charge on any atom is 0.213 e. The summed E-state index contributed by atoms with van der Waals surface area (Å²) in [5, 5.41) is 0.588. The molecule has 0 N–H and O–H groups in total. The lowest BCUT2D eigenvalue weighted by Gasteiger charge is -2.17. The first-order chi connectivity index (χ1) is 9.45. The molecule has 1 rings (SSSR count). The Morgan fingerprint density at radius 3 is 2.70 bits per heavy atom.